The molecule has 2 aliphatic heterocycles. The van der Waals surface area contributed by atoms with Crippen molar-refractivity contribution in [1.29, 1.82) is 0 Å². The van der Waals surface area contributed by atoms with Gasteiger partial charge in [0.05, 0.1) is 17.2 Å². The summed E-state index contributed by atoms with van der Waals surface area (Å²) in [6.07, 6.45) is -8.69. The molecule has 40 heavy (non-hydrogen) atoms. The maximum absolute atomic E-state index is 13.6. The first-order valence-electron chi connectivity index (χ1n) is 12.6. The van der Waals surface area contributed by atoms with E-state index >= 15 is 0 Å². The third-order valence-corrected chi connectivity index (χ3v) is 8.56. The third kappa shape index (κ3) is 6.50. The number of thioether (sulfide) groups is 1. The second-order valence-electron chi connectivity index (χ2n) is 10.1. The van der Waals surface area contributed by atoms with Gasteiger partial charge in [-0.05, 0) is 60.2 Å². The van der Waals surface area contributed by atoms with Gasteiger partial charge in [0, 0.05) is 44.7 Å². The Balaban J connectivity index is 1.63. The van der Waals surface area contributed by atoms with E-state index in [1.807, 2.05) is 0 Å². The van der Waals surface area contributed by atoms with Crippen LogP contribution in [0.4, 0.5) is 41.2 Å². The van der Waals surface area contributed by atoms with Crippen LogP contribution in [0.1, 0.15) is 35.4 Å². The van der Waals surface area contributed by atoms with Crippen LogP contribution in [0, 0.1) is 11.7 Å². The average Bonchev–Trinajstić information content (AvgIpc) is 3.36. The minimum atomic E-state index is -5.07. The van der Waals surface area contributed by atoms with Crippen molar-refractivity contribution in [3.63, 3.8) is 0 Å². The van der Waals surface area contributed by atoms with Crippen LogP contribution >= 0.6 is 11.8 Å². The van der Waals surface area contributed by atoms with E-state index < -0.39 is 53.0 Å². The molecule has 2 fully saturated rings. The van der Waals surface area contributed by atoms with Gasteiger partial charge in [0.1, 0.15) is 5.82 Å². The molecule has 0 N–H and O–H groups in total. The predicted octanol–water partition coefficient (Wildman–Crippen LogP) is 6.49. The van der Waals surface area contributed by atoms with Gasteiger partial charge in [-0.1, -0.05) is 12.1 Å². The normalized spacial score (nSPS) is 20.5. The van der Waals surface area contributed by atoms with Gasteiger partial charge in [-0.2, -0.15) is 38.1 Å². The Labute approximate surface area is 231 Å². The molecule has 2 heterocycles. The fourth-order valence-corrected chi connectivity index (χ4v) is 6.33. The number of benzene rings is 2. The zero-order valence-electron chi connectivity index (χ0n) is 21.7. The first-order chi connectivity index (χ1) is 18.7. The lowest BCUT2D eigenvalue weighted by atomic mass is 9.93. The van der Waals surface area contributed by atoms with Gasteiger partial charge in [-0.25, -0.2) is 9.18 Å². The molecule has 2 saturated heterocycles. The van der Waals surface area contributed by atoms with Crippen molar-refractivity contribution < 1.29 is 40.3 Å². The smallest absolute Gasteiger partial charge is 0.340 e. The molecule has 3 amide bonds. The minimum Gasteiger partial charge on any atom is -0.340 e. The number of halogens is 7. The van der Waals surface area contributed by atoms with Gasteiger partial charge in [0.25, 0.3) is 0 Å². The number of anilines is 1. The number of rotatable bonds is 4. The lowest BCUT2D eigenvalue weighted by Gasteiger charge is -2.33. The van der Waals surface area contributed by atoms with Crippen molar-refractivity contribution in [1.82, 2.24) is 9.80 Å². The molecule has 2 aliphatic rings. The number of likely N-dealkylation sites (N-methyl/N-ethyl adjacent to an activating group) is 1. The third-order valence-electron chi connectivity index (χ3n) is 7.52. The van der Waals surface area contributed by atoms with Gasteiger partial charge in [-0.3, -0.25) is 9.69 Å². The van der Waals surface area contributed by atoms with E-state index in [1.165, 1.54) is 24.1 Å². The van der Waals surface area contributed by atoms with Crippen molar-refractivity contribution in [2.45, 2.75) is 37.2 Å². The van der Waals surface area contributed by atoms with Crippen molar-refractivity contribution in [3.8, 4) is 0 Å². The first kappa shape index (κ1) is 30.0. The van der Waals surface area contributed by atoms with Crippen LogP contribution in [-0.2, 0) is 17.1 Å². The van der Waals surface area contributed by atoms with Gasteiger partial charge in [-0.15, -0.1) is 0 Å². The summed E-state index contributed by atoms with van der Waals surface area (Å²) in [6, 6.07) is 5.07. The number of carbonyl (C=O) groups is 2. The summed E-state index contributed by atoms with van der Waals surface area (Å²) in [4.78, 5) is 30.4. The molecule has 0 unspecified atom stereocenters. The zero-order valence-corrected chi connectivity index (χ0v) is 22.5. The maximum atomic E-state index is 13.6. The van der Waals surface area contributed by atoms with E-state index in [2.05, 4.69) is 0 Å². The lowest BCUT2D eigenvalue weighted by molar-refractivity contribution is -0.143. The van der Waals surface area contributed by atoms with E-state index in [-0.39, 0.29) is 31.0 Å². The highest BCUT2D eigenvalue weighted by Gasteiger charge is 2.43. The van der Waals surface area contributed by atoms with Crippen molar-refractivity contribution in [2.75, 3.05) is 43.6 Å². The molecule has 0 bridgehead atoms. The van der Waals surface area contributed by atoms with Crippen LogP contribution < -0.4 is 4.90 Å². The highest BCUT2D eigenvalue weighted by molar-refractivity contribution is 7.99. The topological polar surface area (TPSA) is 43.9 Å². The van der Waals surface area contributed by atoms with Gasteiger partial charge in [0.2, 0.25) is 5.91 Å². The highest BCUT2D eigenvalue weighted by atomic mass is 32.2. The zero-order chi connectivity index (χ0) is 29.4. The fourth-order valence-electron chi connectivity index (χ4n) is 5.22. The quantitative estimate of drug-likeness (QED) is 0.382. The molecule has 0 spiro atoms. The molecule has 5 nitrogen and oxygen atoms in total. The van der Waals surface area contributed by atoms with E-state index in [9.17, 15) is 40.3 Å². The highest BCUT2D eigenvalue weighted by Crippen LogP contribution is 2.39. The molecule has 0 radical (unpaired) electrons. The van der Waals surface area contributed by atoms with E-state index in [0.29, 0.717) is 17.7 Å². The Kier molecular flexibility index (Phi) is 8.63. The fraction of sp³-hybridized carbons (Fsp3) is 0.481. The van der Waals surface area contributed by atoms with Crippen molar-refractivity contribution in [2.24, 2.45) is 5.92 Å². The molecular formula is C27H28F7N3O2S. The van der Waals surface area contributed by atoms with Crippen LogP contribution in [0.3, 0.4) is 0 Å². The summed E-state index contributed by atoms with van der Waals surface area (Å²) in [6.45, 7) is 0.360. The second-order valence-corrected chi connectivity index (χ2v) is 11.3. The largest absolute Gasteiger partial charge is 0.416 e. The number of likely N-dealkylation sites (tertiary alicyclic amines) is 1. The Morgan fingerprint density at radius 3 is 1.95 bits per heavy atom. The van der Waals surface area contributed by atoms with Crippen molar-refractivity contribution in [3.05, 3.63) is 65.0 Å². The molecule has 2 atom stereocenters. The molecule has 2 aromatic carbocycles. The Morgan fingerprint density at radius 2 is 1.43 bits per heavy atom. The monoisotopic (exact) mass is 591 g/mol. The number of urea groups is 1. The Morgan fingerprint density at radius 1 is 0.875 bits per heavy atom. The second kappa shape index (κ2) is 11.5. The molecule has 2 aromatic rings. The molecule has 218 valence electrons. The number of hydrogen-bond acceptors (Lipinski definition) is 3. The summed E-state index contributed by atoms with van der Waals surface area (Å²) < 4.78 is 94.0. The van der Waals surface area contributed by atoms with Crippen LogP contribution in [-0.4, -0.2) is 66.5 Å². The number of carbonyl (C=O) groups excluding carboxylic acids is 2. The Hall–Kier alpha value is -2.96. The van der Waals surface area contributed by atoms with Crippen LogP contribution in [0.5, 0.6) is 0 Å². The van der Waals surface area contributed by atoms with Gasteiger partial charge >= 0.3 is 18.4 Å². The standard InChI is InChI=1S/C27H28F7N3O2S/c1-35(21-12-18(26(29,30)31)11-19(13-21)27(32,33)34)25(39)36(2)23-15-37(24(38)17-7-9-40-10-8-17)14-22(23)16-3-5-20(28)6-4-16/h3-6,11-13,17,22-23H,7-10,14-15H2,1-2H3/t22-,23+/m0/s1. The van der Waals surface area contributed by atoms with Crippen LogP contribution in [0.25, 0.3) is 0 Å². The summed E-state index contributed by atoms with van der Waals surface area (Å²) >= 11 is 1.77. The maximum Gasteiger partial charge on any atom is 0.416 e. The number of amides is 3. The molecule has 13 heteroatoms. The average molecular weight is 592 g/mol. The van der Waals surface area contributed by atoms with Crippen LogP contribution in [0.15, 0.2) is 42.5 Å². The van der Waals surface area contributed by atoms with Crippen molar-refractivity contribution >= 4 is 29.4 Å². The summed E-state index contributed by atoms with van der Waals surface area (Å²) in [5, 5.41) is 0. The molecular weight excluding hydrogens is 563 g/mol. The summed E-state index contributed by atoms with van der Waals surface area (Å²) in [5.74, 6) is 0.571. The first-order valence-corrected chi connectivity index (χ1v) is 13.7. The van der Waals surface area contributed by atoms with E-state index in [4.69, 9.17) is 0 Å². The van der Waals surface area contributed by atoms with E-state index in [1.54, 1.807) is 28.8 Å². The number of nitrogens with zero attached hydrogens (tertiary/aromatic N) is 3. The molecule has 0 aliphatic carbocycles. The Bertz CT molecular complexity index is 1200. The molecule has 0 saturated carbocycles. The minimum absolute atomic E-state index is 0.000321. The summed E-state index contributed by atoms with van der Waals surface area (Å²) in [7, 11) is 2.49. The number of hydrogen-bond donors (Lipinski definition) is 0. The summed E-state index contributed by atoms with van der Waals surface area (Å²) in [5.41, 5.74) is -3.00. The lowest BCUT2D eigenvalue weighted by Crippen LogP contribution is -2.48. The van der Waals surface area contributed by atoms with Gasteiger partial charge < -0.3 is 9.80 Å². The number of alkyl halides is 6. The van der Waals surface area contributed by atoms with E-state index in [0.717, 1.165) is 36.3 Å². The predicted molar refractivity (Wildman–Crippen MR) is 138 cm³/mol. The van der Waals surface area contributed by atoms with Crippen LogP contribution in [0.2, 0.25) is 0 Å². The molecule has 0 aromatic heterocycles. The molecule has 4 rings (SSSR count). The van der Waals surface area contributed by atoms with Gasteiger partial charge in [0.15, 0.2) is 0 Å². The SMILES string of the molecule is CN(C(=O)N(C)[C@@H]1CN(C(=O)C2CCSCC2)C[C@H]1c1ccc(F)cc1)c1cc(C(F)(F)F)cc(C(F)(F)F)c1.